The fraction of sp³-hybridized carbons (Fsp3) is 0.333. The SMILES string of the molecule is CNC(c1cn(C)cn1)c1ccns1. The summed E-state index contributed by atoms with van der Waals surface area (Å²) in [6.45, 7) is 0. The molecular weight excluding hydrogens is 196 g/mol. The van der Waals surface area contributed by atoms with E-state index in [1.54, 1.807) is 6.33 Å². The number of imidazole rings is 1. The number of aromatic nitrogens is 3. The highest BCUT2D eigenvalue weighted by Crippen LogP contribution is 2.22. The fourth-order valence-electron chi connectivity index (χ4n) is 1.39. The van der Waals surface area contributed by atoms with Crippen LogP contribution in [-0.2, 0) is 7.05 Å². The van der Waals surface area contributed by atoms with E-state index >= 15 is 0 Å². The van der Waals surface area contributed by atoms with Crippen LogP contribution in [0.5, 0.6) is 0 Å². The monoisotopic (exact) mass is 208 g/mol. The molecule has 2 rings (SSSR count). The van der Waals surface area contributed by atoms with E-state index in [0.717, 1.165) is 5.69 Å². The molecule has 1 N–H and O–H groups in total. The summed E-state index contributed by atoms with van der Waals surface area (Å²) in [5, 5.41) is 3.23. The van der Waals surface area contributed by atoms with Crippen LogP contribution in [0.1, 0.15) is 16.6 Å². The third-order valence-electron chi connectivity index (χ3n) is 2.05. The Morgan fingerprint density at radius 1 is 1.57 bits per heavy atom. The standard InChI is InChI=1S/C9H12N4S/c1-10-9(8-3-4-12-14-8)7-5-13(2)6-11-7/h3-6,9-10H,1-2H3. The highest BCUT2D eigenvalue weighted by molar-refractivity contribution is 7.05. The second-order valence-corrected chi connectivity index (χ2v) is 3.97. The summed E-state index contributed by atoms with van der Waals surface area (Å²) in [6.07, 6.45) is 5.63. The van der Waals surface area contributed by atoms with Crippen LogP contribution < -0.4 is 5.32 Å². The molecule has 0 fully saturated rings. The van der Waals surface area contributed by atoms with Crippen LogP contribution in [0.3, 0.4) is 0 Å². The van der Waals surface area contributed by atoms with Crippen molar-refractivity contribution >= 4 is 11.5 Å². The van der Waals surface area contributed by atoms with E-state index in [1.165, 1.54) is 16.4 Å². The number of aryl methyl sites for hydroxylation is 1. The van der Waals surface area contributed by atoms with Gasteiger partial charge in [0.25, 0.3) is 0 Å². The number of hydrogen-bond donors (Lipinski definition) is 1. The van der Waals surface area contributed by atoms with Gasteiger partial charge in [0.2, 0.25) is 0 Å². The van der Waals surface area contributed by atoms with Gasteiger partial charge in [0.1, 0.15) is 0 Å². The lowest BCUT2D eigenvalue weighted by Gasteiger charge is -2.10. The Bertz CT molecular complexity index is 393. The summed E-state index contributed by atoms with van der Waals surface area (Å²) in [7, 11) is 3.90. The number of nitrogens with zero attached hydrogens (tertiary/aromatic N) is 3. The quantitative estimate of drug-likeness (QED) is 0.823. The lowest BCUT2D eigenvalue weighted by Crippen LogP contribution is -2.16. The van der Waals surface area contributed by atoms with Crippen molar-refractivity contribution in [3.05, 3.63) is 35.4 Å². The minimum absolute atomic E-state index is 0.156. The average Bonchev–Trinajstić information content (AvgIpc) is 2.79. The first kappa shape index (κ1) is 9.36. The Morgan fingerprint density at radius 3 is 2.93 bits per heavy atom. The largest absolute Gasteiger partial charge is 0.340 e. The average molecular weight is 208 g/mol. The molecule has 5 heteroatoms. The van der Waals surface area contributed by atoms with Gasteiger partial charge in [-0.1, -0.05) is 0 Å². The van der Waals surface area contributed by atoms with Gasteiger partial charge in [0, 0.05) is 24.3 Å². The van der Waals surface area contributed by atoms with Crippen LogP contribution in [0.15, 0.2) is 24.8 Å². The first-order valence-electron chi connectivity index (χ1n) is 4.37. The molecule has 4 nitrogen and oxygen atoms in total. The van der Waals surface area contributed by atoms with Gasteiger partial charge in [-0.15, -0.1) is 0 Å². The van der Waals surface area contributed by atoms with Gasteiger partial charge in [-0.25, -0.2) is 9.36 Å². The van der Waals surface area contributed by atoms with Crippen molar-refractivity contribution in [2.75, 3.05) is 7.05 Å². The summed E-state index contributed by atoms with van der Waals surface area (Å²) in [5.41, 5.74) is 1.03. The molecule has 1 unspecified atom stereocenters. The van der Waals surface area contributed by atoms with Crippen LogP contribution >= 0.6 is 11.5 Å². The van der Waals surface area contributed by atoms with E-state index in [-0.39, 0.29) is 6.04 Å². The van der Waals surface area contributed by atoms with Crippen molar-refractivity contribution in [1.82, 2.24) is 19.2 Å². The van der Waals surface area contributed by atoms with E-state index in [2.05, 4.69) is 14.7 Å². The molecule has 0 spiro atoms. The molecule has 0 radical (unpaired) electrons. The molecule has 0 saturated carbocycles. The normalized spacial score (nSPS) is 13.0. The highest BCUT2D eigenvalue weighted by atomic mass is 32.1. The van der Waals surface area contributed by atoms with Crippen molar-refractivity contribution in [1.29, 1.82) is 0 Å². The molecule has 0 aliphatic heterocycles. The topological polar surface area (TPSA) is 42.7 Å². The van der Waals surface area contributed by atoms with Crippen molar-refractivity contribution in [2.24, 2.45) is 7.05 Å². The van der Waals surface area contributed by atoms with E-state index in [1.807, 2.05) is 37.1 Å². The van der Waals surface area contributed by atoms with Crippen molar-refractivity contribution < 1.29 is 0 Å². The van der Waals surface area contributed by atoms with Gasteiger partial charge in [-0.05, 0) is 24.6 Å². The van der Waals surface area contributed by atoms with E-state index in [0.29, 0.717) is 0 Å². The van der Waals surface area contributed by atoms with Gasteiger partial charge in [-0.3, -0.25) is 0 Å². The molecule has 0 aliphatic rings. The van der Waals surface area contributed by atoms with Gasteiger partial charge in [0.05, 0.1) is 18.1 Å². The van der Waals surface area contributed by atoms with Crippen LogP contribution in [0, 0.1) is 0 Å². The van der Waals surface area contributed by atoms with E-state index in [9.17, 15) is 0 Å². The molecular formula is C9H12N4S. The Morgan fingerprint density at radius 2 is 2.43 bits per heavy atom. The summed E-state index contributed by atoms with van der Waals surface area (Å²) in [5.74, 6) is 0. The van der Waals surface area contributed by atoms with Crippen molar-refractivity contribution in [2.45, 2.75) is 6.04 Å². The maximum atomic E-state index is 4.32. The van der Waals surface area contributed by atoms with Crippen LogP contribution in [0.4, 0.5) is 0 Å². The predicted molar refractivity (Wildman–Crippen MR) is 56.2 cm³/mol. The molecule has 0 saturated heterocycles. The molecule has 1 atom stereocenters. The van der Waals surface area contributed by atoms with Gasteiger partial charge in [-0.2, -0.15) is 0 Å². The maximum Gasteiger partial charge on any atom is 0.0947 e. The van der Waals surface area contributed by atoms with Crippen LogP contribution in [-0.4, -0.2) is 21.0 Å². The lowest BCUT2D eigenvalue weighted by atomic mass is 10.2. The smallest absolute Gasteiger partial charge is 0.0947 e. The van der Waals surface area contributed by atoms with Gasteiger partial charge >= 0.3 is 0 Å². The molecule has 14 heavy (non-hydrogen) atoms. The Labute approximate surface area is 86.8 Å². The Kier molecular flexibility index (Phi) is 2.60. The molecule has 2 aromatic heterocycles. The van der Waals surface area contributed by atoms with E-state index < -0.39 is 0 Å². The lowest BCUT2D eigenvalue weighted by molar-refractivity contribution is 0.685. The van der Waals surface area contributed by atoms with Gasteiger partial charge < -0.3 is 9.88 Å². The molecule has 2 aromatic rings. The van der Waals surface area contributed by atoms with Crippen molar-refractivity contribution in [3.8, 4) is 0 Å². The molecule has 0 aliphatic carbocycles. The number of hydrogen-bond acceptors (Lipinski definition) is 4. The first-order chi connectivity index (χ1) is 6.81. The predicted octanol–water partition coefficient (Wildman–Crippen LogP) is 1.19. The van der Waals surface area contributed by atoms with Crippen LogP contribution in [0.25, 0.3) is 0 Å². The number of rotatable bonds is 3. The number of nitrogens with one attached hydrogen (secondary N) is 1. The Balaban J connectivity index is 2.31. The zero-order chi connectivity index (χ0) is 9.97. The second-order valence-electron chi connectivity index (χ2n) is 3.10. The highest BCUT2D eigenvalue weighted by Gasteiger charge is 2.15. The zero-order valence-corrected chi connectivity index (χ0v) is 8.95. The molecule has 0 bridgehead atoms. The molecule has 0 amide bonds. The third-order valence-corrected chi connectivity index (χ3v) is 2.86. The fourth-order valence-corrected chi connectivity index (χ4v) is 2.10. The maximum absolute atomic E-state index is 4.32. The van der Waals surface area contributed by atoms with Gasteiger partial charge in [0.15, 0.2) is 0 Å². The third kappa shape index (κ3) is 1.69. The Hall–Kier alpha value is -1.20. The molecule has 2 heterocycles. The summed E-state index contributed by atoms with van der Waals surface area (Å²) < 4.78 is 6.04. The van der Waals surface area contributed by atoms with Crippen LogP contribution in [0.2, 0.25) is 0 Å². The minimum atomic E-state index is 0.156. The first-order valence-corrected chi connectivity index (χ1v) is 5.14. The molecule has 74 valence electrons. The van der Waals surface area contributed by atoms with E-state index in [4.69, 9.17) is 0 Å². The summed E-state index contributed by atoms with van der Waals surface area (Å²) in [4.78, 5) is 5.51. The second kappa shape index (κ2) is 3.89. The molecule has 0 aromatic carbocycles. The zero-order valence-electron chi connectivity index (χ0n) is 8.14. The minimum Gasteiger partial charge on any atom is -0.340 e. The summed E-state index contributed by atoms with van der Waals surface area (Å²) in [6, 6.07) is 2.17. The van der Waals surface area contributed by atoms with Crippen molar-refractivity contribution in [3.63, 3.8) is 0 Å². The summed E-state index contributed by atoms with van der Waals surface area (Å²) >= 11 is 1.50.